The molecule has 1 heterocycles. The zero-order chi connectivity index (χ0) is 15.5. The molecule has 0 unspecified atom stereocenters. The van der Waals surface area contributed by atoms with Crippen molar-refractivity contribution in [3.63, 3.8) is 0 Å². The number of nitrogens with one attached hydrogen (secondary N) is 2. The minimum absolute atomic E-state index is 0.391. The monoisotopic (exact) mass is 328 g/mol. The van der Waals surface area contributed by atoms with E-state index < -0.39 is 0 Å². The first-order valence-corrected chi connectivity index (χ1v) is 7.20. The number of nitrogens with zero attached hydrogens (tertiary/aromatic N) is 2. The Bertz CT molecular complexity index is 873. The van der Waals surface area contributed by atoms with E-state index in [1.54, 1.807) is 24.4 Å². The SMILES string of the molecule is N#CC(=CNc1ccc(Cl)c(Cl)c1)c1nc2ccccc2[nH]1. The summed E-state index contributed by atoms with van der Waals surface area (Å²) in [6.45, 7) is 0. The summed E-state index contributed by atoms with van der Waals surface area (Å²) in [7, 11) is 0. The molecule has 0 amide bonds. The Morgan fingerprint density at radius 1 is 1.18 bits per heavy atom. The first kappa shape index (κ1) is 14.5. The molecule has 2 N–H and O–H groups in total. The standard InChI is InChI=1S/C16H10Cl2N4/c17-12-6-5-11(7-13(12)18)20-9-10(8-19)16-21-14-3-1-2-4-15(14)22-16/h1-7,9,20H,(H,21,22). The second-order valence-corrected chi connectivity index (χ2v) is 5.36. The van der Waals surface area contributed by atoms with Crippen molar-refractivity contribution >= 4 is 45.5 Å². The van der Waals surface area contributed by atoms with Gasteiger partial charge in [0.05, 0.1) is 21.1 Å². The van der Waals surface area contributed by atoms with Gasteiger partial charge >= 0.3 is 0 Å². The van der Waals surface area contributed by atoms with E-state index in [0.29, 0.717) is 21.4 Å². The maximum absolute atomic E-state index is 9.32. The molecule has 0 bridgehead atoms. The van der Waals surface area contributed by atoms with Crippen molar-refractivity contribution in [2.24, 2.45) is 0 Å². The highest BCUT2D eigenvalue weighted by Gasteiger charge is 2.07. The van der Waals surface area contributed by atoms with E-state index in [4.69, 9.17) is 23.2 Å². The minimum Gasteiger partial charge on any atom is -0.360 e. The number of imidazole rings is 1. The molecule has 3 aromatic rings. The number of aromatic nitrogens is 2. The summed E-state index contributed by atoms with van der Waals surface area (Å²) in [4.78, 5) is 7.51. The van der Waals surface area contributed by atoms with E-state index in [9.17, 15) is 5.26 Å². The highest BCUT2D eigenvalue weighted by molar-refractivity contribution is 6.42. The van der Waals surface area contributed by atoms with Crippen molar-refractivity contribution < 1.29 is 0 Å². The number of H-pyrrole nitrogens is 1. The van der Waals surface area contributed by atoms with Crippen LogP contribution in [0.15, 0.2) is 48.7 Å². The van der Waals surface area contributed by atoms with E-state index in [2.05, 4.69) is 21.4 Å². The first-order chi connectivity index (χ1) is 10.7. The van der Waals surface area contributed by atoms with Crippen LogP contribution in [0.5, 0.6) is 0 Å². The van der Waals surface area contributed by atoms with E-state index >= 15 is 0 Å². The van der Waals surface area contributed by atoms with Crippen LogP contribution in [0.1, 0.15) is 5.82 Å². The third-order valence-electron chi connectivity index (χ3n) is 3.07. The lowest BCUT2D eigenvalue weighted by atomic mass is 10.3. The van der Waals surface area contributed by atoms with Crippen LogP contribution in [-0.2, 0) is 0 Å². The van der Waals surface area contributed by atoms with Crippen LogP contribution in [0, 0.1) is 11.3 Å². The summed E-state index contributed by atoms with van der Waals surface area (Å²) in [5.74, 6) is 0.510. The summed E-state index contributed by atoms with van der Waals surface area (Å²) >= 11 is 11.8. The van der Waals surface area contributed by atoms with Crippen molar-refractivity contribution in [3.8, 4) is 6.07 Å². The average molecular weight is 329 g/mol. The molecule has 0 aliphatic rings. The molecule has 1 aromatic heterocycles. The van der Waals surface area contributed by atoms with Crippen molar-refractivity contribution in [2.45, 2.75) is 0 Å². The Balaban J connectivity index is 1.90. The first-order valence-electron chi connectivity index (χ1n) is 6.44. The van der Waals surface area contributed by atoms with Crippen LogP contribution in [0.2, 0.25) is 10.0 Å². The number of benzene rings is 2. The molecular formula is C16H10Cl2N4. The molecule has 0 atom stereocenters. The molecule has 2 aromatic carbocycles. The van der Waals surface area contributed by atoms with Crippen LogP contribution >= 0.6 is 23.2 Å². The normalized spacial score (nSPS) is 11.4. The van der Waals surface area contributed by atoms with Crippen LogP contribution in [0.25, 0.3) is 16.6 Å². The van der Waals surface area contributed by atoms with Gasteiger partial charge in [-0.05, 0) is 30.3 Å². The number of nitriles is 1. The third-order valence-corrected chi connectivity index (χ3v) is 3.81. The topological polar surface area (TPSA) is 64.5 Å². The molecular weight excluding hydrogens is 319 g/mol. The number of rotatable bonds is 3. The van der Waals surface area contributed by atoms with Gasteiger partial charge in [0.1, 0.15) is 11.6 Å². The molecule has 22 heavy (non-hydrogen) atoms. The van der Waals surface area contributed by atoms with E-state index in [-0.39, 0.29) is 0 Å². The molecule has 0 aliphatic heterocycles. The van der Waals surface area contributed by atoms with Crippen LogP contribution < -0.4 is 5.32 Å². The lowest BCUT2D eigenvalue weighted by molar-refractivity contribution is 1.27. The number of aromatic amines is 1. The zero-order valence-electron chi connectivity index (χ0n) is 11.3. The molecule has 3 rings (SSSR count). The molecule has 0 aliphatic carbocycles. The number of halogens is 2. The number of anilines is 1. The second kappa shape index (κ2) is 6.10. The Morgan fingerprint density at radius 3 is 2.73 bits per heavy atom. The molecule has 6 heteroatoms. The zero-order valence-corrected chi connectivity index (χ0v) is 12.8. The molecule has 0 saturated heterocycles. The highest BCUT2D eigenvalue weighted by Crippen LogP contribution is 2.25. The average Bonchev–Trinajstić information content (AvgIpc) is 2.95. The Kier molecular flexibility index (Phi) is 4.01. The van der Waals surface area contributed by atoms with Crippen LogP contribution in [0.4, 0.5) is 5.69 Å². The van der Waals surface area contributed by atoms with Crippen molar-refractivity contribution in [1.29, 1.82) is 5.26 Å². The molecule has 0 radical (unpaired) electrons. The van der Waals surface area contributed by atoms with Crippen LogP contribution in [-0.4, -0.2) is 9.97 Å². The van der Waals surface area contributed by atoms with Crippen molar-refractivity contribution in [1.82, 2.24) is 9.97 Å². The smallest absolute Gasteiger partial charge is 0.150 e. The summed E-state index contributed by atoms with van der Waals surface area (Å²) in [6.07, 6.45) is 1.58. The van der Waals surface area contributed by atoms with Crippen LogP contribution in [0.3, 0.4) is 0 Å². The van der Waals surface area contributed by atoms with Gasteiger partial charge in [0.2, 0.25) is 0 Å². The van der Waals surface area contributed by atoms with Gasteiger partial charge in [0.15, 0.2) is 5.82 Å². The van der Waals surface area contributed by atoms with Crippen molar-refractivity contribution in [3.05, 3.63) is 64.5 Å². The maximum Gasteiger partial charge on any atom is 0.150 e. The quantitative estimate of drug-likeness (QED) is 0.675. The number of para-hydroxylation sites is 2. The minimum atomic E-state index is 0.391. The molecule has 0 saturated carbocycles. The van der Waals surface area contributed by atoms with E-state index in [1.807, 2.05) is 24.3 Å². The summed E-state index contributed by atoms with van der Waals surface area (Å²) < 4.78 is 0. The van der Waals surface area contributed by atoms with Gasteiger partial charge in [-0.1, -0.05) is 35.3 Å². The molecule has 108 valence electrons. The number of hydrogen-bond acceptors (Lipinski definition) is 3. The fourth-order valence-electron chi connectivity index (χ4n) is 1.98. The molecule has 0 spiro atoms. The summed E-state index contributed by atoms with van der Waals surface area (Å²) in [5, 5.41) is 13.3. The molecule has 4 nitrogen and oxygen atoms in total. The van der Waals surface area contributed by atoms with Gasteiger partial charge in [-0.3, -0.25) is 0 Å². The van der Waals surface area contributed by atoms with Gasteiger partial charge in [0, 0.05) is 11.9 Å². The Labute approximate surface area is 137 Å². The van der Waals surface area contributed by atoms with E-state index in [0.717, 1.165) is 16.7 Å². The van der Waals surface area contributed by atoms with Gasteiger partial charge in [-0.25, -0.2) is 4.98 Å². The van der Waals surface area contributed by atoms with E-state index in [1.165, 1.54) is 0 Å². The Morgan fingerprint density at radius 2 is 2.00 bits per heavy atom. The fourth-order valence-corrected chi connectivity index (χ4v) is 2.27. The summed E-state index contributed by atoms with van der Waals surface area (Å²) in [5.41, 5.74) is 2.82. The number of allylic oxidation sites excluding steroid dienone is 1. The van der Waals surface area contributed by atoms with Gasteiger partial charge in [-0.15, -0.1) is 0 Å². The predicted molar refractivity (Wildman–Crippen MR) is 89.8 cm³/mol. The molecule has 0 fully saturated rings. The lowest BCUT2D eigenvalue weighted by Crippen LogP contribution is -1.92. The fraction of sp³-hybridized carbons (Fsp3) is 0. The van der Waals surface area contributed by atoms with Gasteiger partial charge in [-0.2, -0.15) is 5.26 Å². The number of hydrogen-bond donors (Lipinski definition) is 2. The van der Waals surface area contributed by atoms with Gasteiger partial charge < -0.3 is 10.3 Å². The third kappa shape index (κ3) is 2.91. The van der Waals surface area contributed by atoms with Crippen molar-refractivity contribution in [2.75, 3.05) is 5.32 Å². The van der Waals surface area contributed by atoms with Gasteiger partial charge in [0.25, 0.3) is 0 Å². The Hall–Kier alpha value is -2.48. The lowest BCUT2D eigenvalue weighted by Gasteiger charge is -2.03. The maximum atomic E-state index is 9.32. The predicted octanol–water partition coefficient (Wildman–Crippen LogP) is 4.85. The number of fused-ring (bicyclic) bond motifs is 1. The summed E-state index contributed by atoms with van der Waals surface area (Å²) in [6, 6.07) is 14.9. The highest BCUT2D eigenvalue weighted by atomic mass is 35.5. The second-order valence-electron chi connectivity index (χ2n) is 4.55. The largest absolute Gasteiger partial charge is 0.360 e.